The summed E-state index contributed by atoms with van der Waals surface area (Å²) in [6, 6.07) is 7.97. The number of likely N-dealkylation sites (N-methyl/N-ethyl adjacent to an activating group) is 1. The standard InChI is InChI=1S/C19H28ClN3O/c1-21(2)10-11-22-8-3-9-23(13-12-22)19(24)18-14-17(18)15-4-6-16(20)7-5-15/h4-7,17-18H,3,8-14H2,1-2H3/t17-,18+/m0/s1. The molecule has 2 aliphatic rings. The molecular weight excluding hydrogens is 322 g/mol. The van der Waals surface area contributed by atoms with Crippen molar-refractivity contribution in [2.45, 2.75) is 18.8 Å². The lowest BCUT2D eigenvalue weighted by Crippen LogP contribution is -2.37. The normalized spacial score (nSPS) is 24.9. The molecule has 0 aromatic heterocycles. The van der Waals surface area contributed by atoms with Crippen LogP contribution in [0.15, 0.2) is 24.3 Å². The van der Waals surface area contributed by atoms with E-state index >= 15 is 0 Å². The molecule has 1 saturated heterocycles. The molecule has 24 heavy (non-hydrogen) atoms. The molecule has 1 aromatic carbocycles. The second kappa shape index (κ2) is 7.85. The lowest BCUT2D eigenvalue weighted by Gasteiger charge is -2.23. The van der Waals surface area contributed by atoms with Gasteiger partial charge in [0.15, 0.2) is 0 Å². The third-order valence-electron chi connectivity index (χ3n) is 5.17. The van der Waals surface area contributed by atoms with Crippen LogP contribution in [0.25, 0.3) is 0 Å². The number of carbonyl (C=O) groups excluding carboxylic acids is 1. The fourth-order valence-corrected chi connectivity index (χ4v) is 3.66. The van der Waals surface area contributed by atoms with Crippen LogP contribution in [0.3, 0.4) is 0 Å². The summed E-state index contributed by atoms with van der Waals surface area (Å²) in [5.41, 5.74) is 1.25. The zero-order chi connectivity index (χ0) is 17.1. The zero-order valence-electron chi connectivity index (χ0n) is 14.7. The van der Waals surface area contributed by atoms with E-state index in [1.165, 1.54) is 5.56 Å². The maximum atomic E-state index is 12.8. The van der Waals surface area contributed by atoms with Gasteiger partial charge < -0.3 is 14.7 Å². The van der Waals surface area contributed by atoms with Crippen molar-refractivity contribution in [3.8, 4) is 0 Å². The Kier molecular flexibility index (Phi) is 5.80. The van der Waals surface area contributed by atoms with Gasteiger partial charge >= 0.3 is 0 Å². The minimum Gasteiger partial charge on any atom is -0.341 e. The second-order valence-electron chi connectivity index (χ2n) is 7.32. The molecule has 1 aliphatic heterocycles. The number of halogens is 1. The number of rotatable bonds is 5. The highest BCUT2D eigenvalue weighted by molar-refractivity contribution is 6.30. The van der Waals surface area contributed by atoms with Crippen LogP contribution in [0.5, 0.6) is 0 Å². The molecule has 0 bridgehead atoms. The topological polar surface area (TPSA) is 26.8 Å². The summed E-state index contributed by atoms with van der Waals surface area (Å²) < 4.78 is 0. The highest BCUT2D eigenvalue weighted by Gasteiger charge is 2.45. The first kappa shape index (κ1) is 17.7. The van der Waals surface area contributed by atoms with Crippen molar-refractivity contribution in [3.05, 3.63) is 34.9 Å². The number of hydrogen-bond donors (Lipinski definition) is 0. The van der Waals surface area contributed by atoms with E-state index in [-0.39, 0.29) is 5.92 Å². The molecular formula is C19H28ClN3O. The SMILES string of the molecule is CN(C)CCN1CCCN(C(=O)[C@@H]2C[C@H]2c2ccc(Cl)cc2)CC1. The smallest absolute Gasteiger partial charge is 0.226 e. The Labute approximate surface area is 150 Å². The molecule has 0 spiro atoms. The molecule has 0 radical (unpaired) electrons. The summed E-state index contributed by atoms with van der Waals surface area (Å²) in [4.78, 5) is 19.6. The Bertz CT molecular complexity index is 560. The van der Waals surface area contributed by atoms with Gasteiger partial charge in [-0.3, -0.25) is 4.79 Å². The second-order valence-corrected chi connectivity index (χ2v) is 7.76. The molecule has 4 nitrogen and oxygen atoms in total. The molecule has 2 atom stereocenters. The largest absolute Gasteiger partial charge is 0.341 e. The van der Waals surface area contributed by atoms with Crippen LogP contribution in [-0.4, -0.2) is 74.0 Å². The molecule has 3 rings (SSSR count). The Morgan fingerprint density at radius 2 is 1.92 bits per heavy atom. The summed E-state index contributed by atoms with van der Waals surface area (Å²) >= 11 is 5.95. The maximum Gasteiger partial charge on any atom is 0.226 e. The molecule has 0 N–H and O–H groups in total. The number of nitrogens with zero attached hydrogens (tertiary/aromatic N) is 3. The minimum atomic E-state index is 0.180. The van der Waals surface area contributed by atoms with Crippen molar-refractivity contribution in [1.82, 2.24) is 14.7 Å². The van der Waals surface area contributed by atoms with Crippen LogP contribution >= 0.6 is 11.6 Å². The molecule has 132 valence electrons. The quantitative estimate of drug-likeness (QED) is 0.817. The summed E-state index contributed by atoms with van der Waals surface area (Å²) in [5.74, 6) is 0.923. The maximum absolute atomic E-state index is 12.8. The van der Waals surface area contributed by atoms with Crippen LogP contribution in [0, 0.1) is 5.92 Å². The van der Waals surface area contributed by atoms with E-state index in [0.717, 1.165) is 57.1 Å². The third-order valence-corrected chi connectivity index (χ3v) is 5.42. The van der Waals surface area contributed by atoms with Crippen LogP contribution in [-0.2, 0) is 4.79 Å². The average Bonchev–Trinajstić information content (AvgIpc) is 3.37. The summed E-state index contributed by atoms with van der Waals surface area (Å²) in [7, 11) is 4.22. The summed E-state index contributed by atoms with van der Waals surface area (Å²) in [6.07, 6.45) is 2.07. The number of amides is 1. The highest BCUT2D eigenvalue weighted by Crippen LogP contribution is 2.48. The monoisotopic (exact) mass is 349 g/mol. The van der Waals surface area contributed by atoms with Gasteiger partial charge in [-0.25, -0.2) is 0 Å². The Hall–Kier alpha value is -1.10. The lowest BCUT2D eigenvalue weighted by atomic mass is 10.1. The molecule has 5 heteroatoms. The molecule has 0 unspecified atom stereocenters. The van der Waals surface area contributed by atoms with Crippen molar-refractivity contribution in [2.24, 2.45) is 5.92 Å². The number of benzene rings is 1. The van der Waals surface area contributed by atoms with E-state index in [2.05, 4.69) is 40.9 Å². The fraction of sp³-hybridized carbons (Fsp3) is 0.632. The van der Waals surface area contributed by atoms with Crippen molar-refractivity contribution < 1.29 is 4.79 Å². The van der Waals surface area contributed by atoms with Gasteiger partial charge in [0.05, 0.1) is 0 Å². The summed E-state index contributed by atoms with van der Waals surface area (Å²) in [5, 5.41) is 0.757. The van der Waals surface area contributed by atoms with E-state index in [0.29, 0.717) is 11.8 Å². The first-order valence-electron chi connectivity index (χ1n) is 8.96. The van der Waals surface area contributed by atoms with Gasteiger partial charge in [-0.05, 0) is 57.1 Å². The van der Waals surface area contributed by atoms with E-state index < -0.39 is 0 Å². The van der Waals surface area contributed by atoms with Crippen LogP contribution in [0.2, 0.25) is 5.02 Å². The van der Waals surface area contributed by atoms with Crippen molar-refractivity contribution in [1.29, 1.82) is 0 Å². The minimum absolute atomic E-state index is 0.180. The summed E-state index contributed by atoms with van der Waals surface area (Å²) in [6.45, 7) is 6.04. The Morgan fingerprint density at radius 1 is 1.17 bits per heavy atom. The predicted octanol–water partition coefficient (Wildman–Crippen LogP) is 2.54. The molecule has 2 fully saturated rings. The van der Waals surface area contributed by atoms with Gasteiger partial charge in [-0.15, -0.1) is 0 Å². The lowest BCUT2D eigenvalue weighted by molar-refractivity contribution is -0.132. The van der Waals surface area contributed by atoms with Crippen LogP contribution in [0.4, 0.5) is 0 Å². The van der Waals surface area contributed by atoms with E-state index in [1.807, 2.05) is 12.1 Å². The Balaban J connectivity index is 1.50. The fourth-order valence-electron chi connectivity index (χ4n) is 3.54. The van der Waals surface area contributed by atoms with Gasteiger partial charge in [0.1, 0.15) is 0 Å². The van der Waals surface area contributed by atoms with Crippen LogP contribution < -0.4 is 0 Å². The molecule has 1 heterocycles. The van der Waals surface area contributed by atoms with Gasteiger partial charge in [0.2, 0.25) is 5.91 Å². The number of hydrogen-bond acceptors (Lipinski definition) is 3. The molecule has 1 amide bonds. The van der Waals surface area contributed by atoms with Gasteiger partial charge in [-0.1, -0.05) is 23.7 Å². The van der Waals surface area contributed by atoms with Gasteiger partial charge in [0, 0.05) is 43.7 Å². The van der Waals surface area contributed by atoms with Crippen molar-refractivity contribution in [2.75, 3.05) is 53.4 Å². The average molecular weight is 350 g/mol. The van der Waals surface area contributed by atoms with E-state index in [4.69, 9.17) is 11.6 Å². The highest BCUT2D eigenvalue weighted by atomic mass is 35.5. The Morgan fingerprint density at radius 3 is 2.62 bits per heavy atom. The van der Waals surface area contributed by atoms with Crippen LogP contribution in [0.1, 0.15) is 24.3 Å². The van der Waals surface area contributed by atoms with Gasteiger partial charge in [0.25, 0.3) is 0 Å². The first-order valence-corrected chi connectivity index (χ1v) is 9.34. The van der Waals surface area contributed by atoms with Gasteiger partial charge in [-0.2, -0.15) is 0 Å². The van der Waals surface area contributed by atoms with Crippen molar-refractivity contribution in [3.63, 3.8) is 0 Å². The molecule has 1 saturated carbocycles. The predicted molar refractivity (Wildman–Crippen MR) is 98.5 cm³/mol. The zero-order valence-corrected chi connectivity index (χ0v) is 15.5. The number of carbonyl (C=O) groups is 1. The molecule has 1 aromatic rings. The van der Waals surface area contributed by atoms with E-state index in [1.54, 1.807) is 0 Å². The van der Waals surface area contributed by atoms with E-state index in [9.17, 15) is 4.79 Å². The van der Waals surface area contributed by atoms with Crippen molar-refractivity contribution >= 4 is 17.5 Å². The first-order chi connectivity index (χ1) is 11.5. The third kappa shape index (κ3) is 4.50. The molecule has 1 aliphatic carbocycles.